The van der Waals surface area contributed by atoms with E-state index in [4.69, 9.17) is 16.3 Å². The molecular formula is C24H25ClN2O3S. The predicted octanol–water partition coefficient (Wildman–Crippen LogP) is 4.89. The lowest BCUT2D eigenvalue weighted by Gasteiger charge is -2.28. The summed E-state index contributed by atoms with van der Waals surface area (Å²) in [6.45, 7) is 0. The zero-order valence-electron chi connectivity index (χ0n) is 17.5. The molecule has 5 nitrogen and oxygen atoms in total. The second kappa shape index (κ2) is 8.91. The summed E-state index contributed by atoms with van der Waals surface area (Å²) in [5, 5.41) is 3.92. The maximum absolute atomic E-state index is 13.4. The summed E-state index contributed by atoms with van der Waals surface area (Å²) in [6.07, 6.45) is 2.51. The molecule has 0 bridgehead atoms. The van der Waals surface area contributed by atoms with E-state index in [-0.39, 0.29) is 4.90 Å². The van der Waals surface area contributed by atoms with Crippen molar-refractivity contribution in [1.82, 2.24) is 5.32 Å². The van der Waals surface area contributed by atoms with Crippen molar-refractivity contribution >= 4 is 27.3 Å². The summed E-state index contributed by atoms with van der Waals surface area (Å²) in [6, 6.07) is 18.1. The van der Waals surface area contributed by atoms with Crippen LogP contribution < -0.4 is 14.8 Å². The summed E-state index contributed by atoms with van der Waals surface area (Å²) in [4.78, 5) is 0.228. The topological polar surface area (TPSA) is 67.4 Å². The van der Waals surface area contributed by atoms with Crippen LogP contribution in [0.3, 0.4) is 0 Å². The van der Waals surface area contributed by atoms with Crippen molar-refractivity contribution in [2.75, 3.05) is 18.9 Å². The molecule has 2 N–H and O–H groups in total. The van der Waals surface area contributed by atoms with E-state index in [1.807, 2.05) is 31.3 Å². The van der Waals surface area contributed by atoms with Crippen LogP contribution in [0.2, 0.25) is 5.02 Å². The Morgan fingerprint density at radius 3 is 2.45 bits per heavy atom. The van der Waals surface area contributed by atoms with Crippen molar-refractivity contribution < 1.29 is 13.2 Å². The predicted molar refractivity (Wildman–Crippen MR) is 126 cm³/mol. The molecule has 3 aromatic carbocycles. The third kappa shape index (κ3) is 4.42. The van der Waals surface area contributed by atoms with E-state index in [0.29, 0.717) is 22.3 Å². The van der Waals surface area contributed by atoms with Gasteiger partial charge < -0.3 is 10.1 Å². The summed E-state index contributed by atoms with van der Waals surface area (Å²) in [5.41, 5.74) is 4.08. The number of halogens is 1. The van der Waals surface area contributed by atoms with E-state index >= 15 is 0 Å². The number of likely N-dealkylation sites (N-methyl/N-ethyl adjacent to an activating group) is 1. The van der Waals surface area contributed by atoms with Gasteiger partial charge in [0.15, 0.2) is 0 Å². The first-order valence-electron chi connectivity index (χ1n) is 10.2. The molecular weight excluding hydrogens is 432 g/mol. The zero-order valence-corrected chi connectivity index (χ0v) is 19.1. The quantitative estimate of drug-likeness (QED) is 0.554. The van der Waals surface area contributed by atoms with Gasteiger partial charge in [0.25, 0.3) is 10.0 Å². The molecule has 0 saturated carbocycles. The molecule has 0 radical (unpaired) electrons. The fraction of sp³-hybridized carbons (Fsp3) is 0.250. The van der Waals surface area contributed by atoms with Crippen molar-refractivity contribution in [2.24, 2.45) is 0 Å². The van der Waals surface area contributed by atoms with Gasteiger partial charge in [-0.2, -0.15) is 0 Å². The SMILES string of the molecule is CN[C@H]1CCc2c(NS(=O)(=O)c3ccccc3-c3ccc(Cl)cc3)ccc(OC)c2C1. The Balaban J connectivity index is 1.74. The van der Waals surface area contributed by atoms with Crippen LogP contribution in [0.15, 0.2) is 65.6 Å². The molecule has 1 aliphatic rings. The van der Waals surface area contributed by atoms with Gasteiger partial charge >= 0.3 is 0 Å². The van der Waals surface area contributed by atoms with Gasteiger partial charge in [0, 0.05) is 22.2 Å². The molecule has 0 aromatic heterocycles. The summed E-state index contributed by atoms with van der Waals surface area (Å²) in [5.74, 6) is 0.791. The van der Waals surface area contributed by atoms with Crippen LogP contribution in [0, 0.1) is 0 Å². The van der Waals surface area contributed by atoms with Crippen molar-refractivity contribution in [2.45, 2.75) is 30.2 Å². The van der Waals surface area contributed by atoms with Gasteiger partial charge in [-0.1, -0.05) is 41.9 Å². The highest BCUT2D eigenvalue weighted by Gasteiger charge is 2.26. The number of rotatable bonds is 6. The van der Waals surface area contributed by atoms with E-state index in [0.717, 1.165) is 41.7 Å². The number of anilines is 1. The average Bonchev–Trinajstić information content (AvgIpc) is 2.79. The number of benzene rings is 3. The number of nitrogens with one attached hydrogen (secondary N) is 2. The highest BCUT2D eigenvalue weighted by atomic mass is 35.5. The number of fused-ring (bicyclic) bond motifs is 1. The van der Waals surface area contributed by atoms with Crippen LogP contribution in [-0.4, -0.2) is 28.6 Å². The normalized spacial score (nSPS) is 15.9. The lowest BCUT2D eigenvalue weighted by molar-refractivity contribution is 0.398. The smallest absolute Gasteiger partial charge is 0.262 e. The zero-order chi connectivity index (χ0) is 22.0. The van der Waals surface area contributed by atoms with Crippen LogP contribution in [0.5, 0.6) is 5.75 Å². The van der Waals surface area contributed by atoms with Gasteiger partial charge in [-0.05, 0) is 67.8 Å². The van der Waals surface area contributed by atoms with Crippen molar-refractivity contribution in [3.8, 4) is 16.9 Å². The molecule has 0 heterocycles. The number of hydrogen-bond acceptors (Lipinski definition) is 4. The number of sulfonamides is 1. The molecule has 3 aromatic rings. The second-order valence-corrected chi connectivity index (χ2v) is 9.70. The van der Waals surface area contributed by atoms with E-state index in [9.17, 15) is 8.42 Å². The van der Waals surface area contributed by atoms with E-state index in [2.05, 4.69) is 10.0 Å². The molecule has 1 atom stereocenters. The Labute approximate surface area is 188 Å². The maximum Gasteiger partial charge on any atom is 0.262 e. The maximum atomic E-state index is 13.4. The second-order valence-electron chi connectivity index (χ2n) is 7.61. The molecule has 0 amide bonds. The van der Waals surface area contributed by atoms with Crippen molar-refractivity contribution in [3.63, 3.8) is 0 Å². The molecule has 0 fully saturated rings. The molecule has 4 rings (SSSR count). The number of methoxy groups -OCH3 is 1. The first kappa shape index (κ1) is 21.7. The highest BCUT2D eigenvalue weighted by molar-refractivity contribution is 7.92. The molecule has 162 valence electrons. The fourth-order valence-corrected chi connectivity index (χ4v) is 5.60. The van der Waals surface area contributed by atoms with Gasteiger partial charge in [-0.25, -0.2) is 8.42 Å². The Morgan fingerprint density at radius 1 is 1.00 bits per heavy atom. The average molecular weight is 457 g/mol. The molecule has 1 aliphatic carbocycles. The minimum atomic E-state index is -3.81. The molecule has 7 heteroatoms. The van der Waals surface area contributed by atoms with E-state index < -0.39 is 10.0 Å². The molecule has 0 spiro atoms. The minimum Gasteiger partial charge on any atom is -0.496 e. The standard InChI is InChI=1S/C24H25ClN2O3S/c1-26-18-11-12-20-21(15-18)23(30-2)14-13-22(20)27-31(28,29)24-6-4-3-5-19(24)16-7-9-17(25)10-8-16/h3-10,13-14,18,26-27H,11-12,15H2,1-2H3/t18-/m0/s1. The minimum absolute atomic E-state index is 0.228. The molecule has 0 aliphatic heterocycles. The molecule has 31 heavy (non-hydrogen) atoms. The van der Waals surface area contributed by atoms with Gasteiger partial charge in [0.1, 0.15) is 5.75 Å². The van der Waals surface area contributed by atoms with Crippen LogP contribution in [0.25, 0.3) is 11.1 Å². The van der Waals surface area contributed by atoms with Gasteiger partial charge in [-0.3, -0.25) is 4.72 Å². The Kier molecular flexibility index (Phi) is 6.23. The van der Waals surface area contributed by atoms with Crippen LogP contribution >= 0.6 is 11.6 Å². The monoisotopic (exact) mass is 456 g/mol. The summed E-state index contributed by atoms with van der Waals surface area (Å²) >= 11 is 6.00. The first-order valence-corrected chi connectivity index (χ1v) is 12.0. The number of ether oxygens (including phenoxy) is 1. The Bertz CT molecular complexity index is 1190. The van der Waals surface area contributed by atoms with Crippen molar-refractivity contribution in [1.29, 1.82) is 0 Å². The van der Waals surface area contributed by atoms with Crippen LogP contribution in [-0.2, 0) is 22.9 Å². The lowest BCUT2D eigenvalue weighted by Crippen LogP contribution is -2.32. The van der Waals surface area contributed by atoms with Crippen molar-refractivity contribution in [3.05, 3.63) is 76.8 Å². The summed E-state index contributed by atoms with van der Waals surface area (Å²) in [7, 11) is -0.223. The third-order valence-corrected chi connectivity index (χ3v) is 7.46. The largest absolute Gasteiger partial charge is 0.496 e. The van der Waals surface area contributed by atoms with Gasteiger partial charge in [0.05, 0.1) is 17.7 Å². The Hall–Kier alpha value is -2.54. The van der Waals surface area contributed by atoms with Crippen LogP contribution in [0.4, 0.5) is 5.69 Å². The number of hydrogen-bond donors (Lipinski definition) is 2. The molecule has 0 saturated heterocycles. The highest BCUT2D eigenvalue weighted by Crippen LogP contribution is 2.37. The third-order valence-electron chi connectivity index (χ3n) is 5.79. The van der Waals surface area contributed by atoms with Gasteiger partial charge in [0.2, 0.25) is 0 Å². The van der Waals surface area contributed by atoms with E-state index in [1.165, 1.54) is 0 Å². The van der Waals surface area contributed by atoms with E-state index in [1.54, 1.807) is 43.5 Å². The van der Waals surface area contributed by atoms with Gasteiger partial charge in [-0.15, -0.1) is 0 Å². The fourth-order valence-electron chi connectivity index (χ4n) is 4.15. The summed E-state index contributed by atoms with van der Waals surface area (Å²) < 4.78 is 35.3. The van der Waals surface area contributed by atoms with Crippen LogP contribution in [0.1, 0.15) is 17.5 Å². The molecule has 0 unspecified atom stereocenters. The Morgan fingerprint density at radius 2 is 1.74 bits per heavy atom. The first-order chi connectivity index (χ1) is 14.9. The lowest BCUT2D eigenvalue weighted by atomic mass is 9.86.